The van der Waals surface area contributed by atoms with Crippen LogP contribution in [0.2, 0.25) is 0 Å². The van der Waals surface area contributed by atoms with Crippen LogP contribution in [-0.4, -0.2) is 9.97 Å². The smallest absolute Gasteiger partial charge is 0.254 e. The minimum absolute atomic E-state index is 0.0552. The zero-order valence-corrected chi connectivity index (χ0v) is 10.7. The summed E-state index contributed by atoms with van der Waals surface area (Å²) in [6.45, 7) is 1.97. The zero-order chi connectivity index (χ0) is 13.2. The second-order valence-electron chi connectivity index (χ2n) is 4.44. The Hall–Kier alpha value is -2.42. The molecule has 0 amide bonds. The highest BCUT2D eigenvalue weighted by Gasteiger charge is 2.11. The van der Waals surface area contributed by atoms with Gasteiger partial charge in [0.15, 0.2) is 0 Å². The third kappa shape index (κ3) is 1.93. The van der Waals surface area contributed by atoms with Crippen LogP contribution in [-0.2, 0) is 6.42 Å². The zero-order valence-electron chi connectivity index (χ0n) is 10.7. The molecule has 0 radical (unpaired) electrons. The van der Waals surface area contributed by atoms with Gasteiger partial charge in [-0.1, -0.05) is 49.4 Å². The number of benzene rings is 2. The highest BCUT2D eigenvalue weighted by Crippen LogP contribution is 2.28. The molecule has 0 spiro atoms. The monoisotopic (exact) mass is 250 g/mol. The quantitative estimate of drug-likeness (QED) is 0.759. The first-order valence-corrected chi connectivity index (χ1v) is 6.36. The summed E-state index contributed by atoms with van der Waals surface area (Å²) < 4.78 is 0. The highest BCUT2D eigenvalue weighted by atomic mass is 16.1. The van der Waals surface area contributed by atoms with Crippen LogP contribution in [0.3, 0.4) is 0 Å². The largest absolute Gasteiger partial charge is 0.313 e. The minimum Gasteiger partial charge on any atom is -0.313 e. The number of fused-ring (bicyclic) bond motifs is 1. The van der Waals surface area contributed by atoms with Crippen molar-refractivity contribution >= 4 is 10.8 Å². The summed E-state index contributed by atoms with van der Waals surface area (Å²) in [4.78, 5) is 18.9. The van der Waals surface area contributed by atoms with Gasteiger partial charge in [0.1, 0.15) is 0 Å². The van der Waals surface area contributed by atoms with Crippen molar-refractivity contribution in [3.05, 3.63) is 64.7 Å². The van der Waals surface area contributed by atoms with Crippen molar-refractivity contribution in [1.82, 2.24) is 9.97 Å². The van der Waals surface area contributed by atoms with Crippen molar-refractivity contribution in [2.24, 2.45) is 0 Å². The van der Waals surface area contributed by atoms with Gasteiger partial charge in [-0.15, -0.1) is 0 Å². The molecule has 0 unspecified atom stereocenters. The lowest BCUT2D eigenvalue weighted by Crippen LogP contribution is -2.14. The molecule has 2 aromatic carbocycles. The van der Waals surface area contributed by atoms with E-state index in [1.165, 1.54) is 6.33 Å². The van der Waals surface area contributed by atoms with Crippen LogP contribution in [0, 0.1) is 0 Å². The van der Waals surface area contributed by atoms with Crippen LogP contribution >= 0.6 is 0 Å². The van der Waals surface area contributed by atoms with Crippen molar-refractivity contribution in [3.63, 3.8) is 0 Å². The molecule has 0 fully saturated rings. The van der Waals surface area contributed by atoms with Crippen LogP contribution in [0.4, 0.5) is 0 Å². The lowest BCUT2D eigenvalue weighted by molar-refractivity contribution is 1.01. The number of hydrogen-bond acceptors (Lipinski definition) is 2. The third-order valence-corrected chi connectivity index (χ3v) is 3.35. The molecule has 3 heteroatoms. The fourth-order valence-corrected chi connectivity index (χ4v) is 2.42. The molecule has 0 saturated carbocycles. The average molecular weight is 250 g/mol. The molecule has 19 heavy (non-hydrogen) atoms. The van der Waals surface area contributed by atoms with Crippen LogP contribution in [0.1, 0.15) is 12.5 Å². The van der Waals surface area contributed by atoms with E-state index in [1.54, 1.807) is 0 Å². The Kier molecular flexibility index (Phi) is 2.88. The molecule has 0 bridgehead atoms. The fraction of sp³-hybridized carbons (Fsp3) is 0.125. The Bertz CT molecular complexity index is 785. The molecule has 1 heterocycles. The van der Waals surface area contributed by atoms with Gasteiger partial charge in [-0.3, -0.25) is 4.79 Å². The Balaban J connectivity index is 2.37. The van der Waals surface area contributed by atoms with Crippen molar-refractivity contribution < 1.29 is 0 Å². The van der Waals surface area contributed by atoms with Gasteiger partial charge in [0.25, 0.3) is 5.56 Å². The van der Waals surface area contributed by atoms with E-state index >= 15 is 0 Å². The maximum atomic E-state index is 11.9. The van der Waals surface area contributed by atoms with Gasteiger partial charge < -0.3 is 4.98 Å². The number of nitrogens with zero attached hydrogens (tertiary/aromatic N) is 1. The number of H-pyrrole nitrogens is 1. The van der Waals surface area contributed by atoms with E-state index < -0.39 is 0 Å². The molecular formula is C16H14N2O. The summed E-state index contributed by atoms with van der Waals surface area (Å²) in [5, 5.41) is 2.28. The van der Waals surface area contributed by atoms with Crippen molar-refractivity contribution in [2.45, 2.75) is 13.3 Å². The van der Waals surface area contributed by atoms with Gasteiger partial charge in [0.2, 0.25) is 0 Å². The van der Waals surface area contributed by atoms with Crippen LogP contribution in [0.15, 0.2) is 53.6 Å². The van der Waals surface area contributed by atoms with Gasteiger partial charge in [0.05, 0.1) is 12.0 Å². The van der Waals surface area contributed by atoms with E-state index in [1.807, 2.05) is 31.2 Å². The van der Waals surface area contributed by atoms with E-state index in [9.17, 15) is 4.79 Å². The van der Waals surface area contributed by atoms with E-state index in [0.29, 0.717) is 6.42 Å². The molecule has 94 valence electrons. The lowest BCUT2D eigenvalue weighted by atomic mass is 9.99. The number of rotatable bonds is 2. The molecule has 0 aliphatic heterocycles. The van der Waals surface area contributed by atoms with Crippen molar-refractivity contribution in [2.75, 3.05) is 0 Å². The summed E-state index contributed by atoms with van der Waals surface area (Å²) >= 11 is 0. The predicted molar refractivity (Wildman–Crippen MR) is 77.2 cm³/mol. The van der Waals surface area contributed by atoms with Gasteiger partial charge in [-0.2, -0.15) is 0 Å². The SMILES string of the molecule is CCc1c(-c2cccc3ccccc23)nc[nH]c1=O. The number of aromatic amines is 1. The molecule has 0 atom stereocenters. The molecule has 3 aromatic rings. The second kappa shape index (κ2) is 4.69. The second-order valence-corrected chi connectivity index (χ2v) is 4.44. The van der Waals surface area contributed by atoms with Gasteiger partial charge in [0, 0.05) is 11.1 Å². The van der Waals surface area contributed by atoms with Crippen molar-refractivity contribution in [1.29, 1.82) is 0 Å². The Morgan fingerprint density at radius 2 is 1.89 bits per heavy atom. The third-order valence-electron chi connectivity index (χ3n) is 3.35. The van der Waals surface area contributed by atoms with E-state index in [0.717, 1.165) is 27.6 Å². The normalized spacial score (nSPS) is 10.8. The number of aromatic nitrogens is 2. The average Bonchev–Trinajstić information content (AvgIpc) is 2.46. The van der Waals surface area contributed by atoms with Gasteiger partial charge in [-0.05, 0) is 17.2 Å². The number of hydrogen-bond donors (Lipinski definition) is 1. The maximum Gasteiger partial charge on any atom is 0.254 e. The molecule has 0 aliphatic rings. The van der Waals surface area contributed by atoms with E-state index in [2.05, 4.69) is 28.2 Å². The highest BCUT2D eigenvalue weighted by molar-refractivity contribution is 5.96. The molecular weight excluding hydrogens is 236 g/mol. The van der Waals surface area contributed by atoms with Gasteiger partial charge in [-0.25, -0.2) is 4.98 Å². The summed E-state index contributed by atoms with van der Waals surface area (Å²) in [7, 11) is 0. The first-order chi connectivity index (χ1) is 9.31. The van der Waals surface area contributed by atoms with Gasteiger partial charge >= 0.3 is 0 Å². The Morgan fingerprint density at radius 3 is 2.74 bits per heavy atom. The summed E-state index contributed by atoms with van der Waals surface area (Å²) in [6, 6.07) is 14.2. The minimum atomic E-state index is -0.0552. The first-order valence-electron chi connectivity index (χ1n) is 6.36. The summed E-state index contributed by atoms with van der Waals surface area (Å²) in [5.74, 6) is 0. The lowest BCUT2D eigenvalue weighted by Gasteiger charge is -2.09. The molecule has 3 nitrogen and oxygen atoms in total. The van der Waals surface area contributed by atoms with Crippen LogP contribution in [0.25, 0.3) is 22.0 Å². The maximum absolute atomic E-state index is 11.9. The Labute approximate surface area is 111 Å². The van der Waals surface area contributed by atoms with Crippen LogP contribution in [0.5, 0.6) is 0 Å². The molecule has 0 aliphatic carbocycles. The van der Waals surface area contributed by atoms with Crippen LogP contribution < -0.4 is 5.56 Å². The molecule has 1 aromatic heterocycles. The standard InChI is InChI=1S/C16H14N2O/c1-2-12-15(17-10-18-16(12)19)14-9-5-7-11-6-3-4-8-13(11)14/h3-10H,2H2,1H3,(H,17,18,19). The topological polar surface area (TPSA) is 45.8 Å². The van der Waals surface area contributed by atoms with E-state index in [4.69, 9.17) is 0 Å². The summed E-state index contributed by atoms with van der Waals surface area (Å²) in [6.07, 6.45) is 2.14. The summed E-state index contributed by atoms with van der Waals surface area (Å²) in [5.41, 5.74) is 2.48. The fourth-order valence-electron chi connectivity index (χ4n) is 2.42. The predicted octanol–water partition coefficient (Wildman–Crippen LogP) is 3.15. The molecule has 1 N–H and O–H groups in total. The molecule has 0 saturated heterocycles. The van der Waals surface area contributed by atoms with E-state index in [-0.39, 0.29) is 5.56 Å². The van der Waals surface area contributed by atoms with Crippen molar-refractivity contribution in [3.8, 4) is 11.3 Å². The first kappa shape index (κ1) is 11.7. The number of nitrogens with one attached hydrogen (secondary N) is 1. The Morgan fingerprint density at radius 1 is 1.11 bits per heavy atom. The molecule has 3 rings (SSSR count).